The molecule has 7 heavy (non-hydrogen) atoms. The molecular formula is C3H10N4. The first-order chi connectivity index (χ1) is 3.27. The molecule has 0 aromatic heterocycles. The molecule has 0 atom stereocenters. The number of hydrogen-bond donors (Lipinski definition) is 2. The quantitative estimate of drug-likeness (QED) is 0.266. The Morgan fingerprint density at radius 2 is 2.29 bits per heavy atom. The average Bonchev–Trinajstić information content (AvgIpc) is 1.61. The Bertz CT molecular complexity index is 58.0. The first-order valence-electron chi connectivity index (χ1n) is 1.93. The van der Waals surface area contributed by atoms with E-state index in [4.69, 9.17) is 5.73 Å². The maximum Gasteiger partial charge on any atom is 0.107 e. The second-order valence-electron chi connectivity index (χ2n) is 1.27. The van der Waals surface area contributed by atoms with Gasteiger partial charge in [0, 0.05) is 14.1 Å². The van der Waals surface area contributed by atoms with Crippen LogP contribution in [0, 0.1) is 0 Å². The monoisotopic (exact) mass is 102 g/mol. The maximum absolute atomic E-state index is 4.90. The largest absolute Gasteiger partial charge is 0.388 e. The lowest BCUT2D eigenvalue weighted by atomic mass is 11.2. The predicted molar refractivity (Wildman–Crippen MR) is 29.5 cm³/mol. The van der Waals surface area contributed by atoms with Crippen molar-refractivity contribution >= 4 is 6.34 Å². The lowest BCUT2D eigenvalue weighted by molar-refractivity contribution is 0.299. The molecule has 0 radical (unpaired) electrons. The third-order valence-electron chi connectivity index (χ3n) is 0.332. The fraction of sp³-hybridized carbons (Fsp3) is 0.667. The second-order valence-corrected chi connectivity index (χ2v) is 1.27. The van der Waals surface area contributed by atoms with Crippen LogP contribution in [0.15, 0.2) is 5.10 Å². The molecule has 0 amide bonds. The molecule has 0 saturated carbocycles. The fourth-order valence-electron chi connectivity index (χ4n) is 0.149. The molecule has 0 fully saturated rings. The van der Waals surface area contributed by atoms with E-state index in [0.29, 0.717) is 0 Å². The van der Waals surface area contributed by atoms with Gasteiger partial charge in [0.05, 0.1) is 0 Å². The van der Waals surface area contributed by atoms with Crippen molar-refractivity contribution in [3.8, 4) is 0 Å². The molecular weight excluding hydrogens is 92.1 g/mol. The van der Waals surface area contributed by atoms with Gasteiger partial charge >= 0.3 is 0 Å². The van der Waals surface area contributed by atoms with E-state index in [9.17, 15) is 0 Å². The van der Waals surface area contributed by atoms with Crippen LogP contribution in [-0.2, 0) is 0 Å². The Balaban J connectivity index is 2.97. The smallest absolute Gasteiger partial charge is 0.107 e. The van der Waals surface area contributed by atoms with Crippen molar-refractivity contribution in [1.82, 2.24) is 10.5 Å². The van der Waals surface area contributed by atoms with Crippen molar-refractivity contribution in [3.05, 3.63) is 0 Å². The minimum Gasteiger partial charge on any atom is -0.388 e. The van der Waals surface area contributed by atoms with E-state index in [1.165, 1.54) is 6.34 Å². The molecule has 0 unspecified atom stereocenters. The van der Waals surface area contributed by atoms with Crippen LogP contribution in [0.2, 0.25) is 0 Å². The van der Waals surface area contributed by atoms with Crippen molar-refractivity contribution in [2.75, 3.05) is 14.1 Å². The summed E-state index contributed by atoms with van der Waals surface area (Å²) >= 11 is 0. The first-order valence-corrected chi connectivity index (χ1v) is 1.93. The normalized spacial score (nSPS) is 10.7. The lowest BCUT2D eigenvalue weighted by Gasteiger charge is -2.04. The zero-order valence-electron chi connectivity index (χ0n) is 4.55. The van der Waals surface area contributed by atoms with Gasteiger partial charge < -0.3 is 5.73 Å². The van der Waals surface area contributed by atoms with Crippen molar-refractivity contribution in [3.63, 3.8) is 0 Å². The minimum atomic E-state index is 1.19. The zero-order chi connectivity index (χ0) is 5.70. The van der Waals surface area contributed by atoms with E-state index >= 15 is 0 Å². The van der Waals surface area contributed by atoms with Crippen molar-refractivity contribution in [1.29, 1.82) is 0 Å². The molecule has 0 saturated heterocycles. The van der Waals surface area contributed by atoms with E-state index in [1.54, 1.807) is 5.01 Å². The van der Waals surface area contributed by atoms with Crippen LogP contribution in [0.1, 0.15) is 0 Å². The van der Waals surface area contributed by atoms with Crippen molar-refractivity contribution < 1.29 is 0 Å². The average molecular weight is 102 g/mol. The molecule has 0 spiro atoms. The second kappa shape index (κ2) is 3.42. The van der Waals surface area contributed by atoms with E-state index in [-0.39, 0.29) is 0 Å². The van der Waals surface area contributed by atoms with Crippen LogP contribution in [0.5, 0.6) is 0 Å². The molecule has 42 valence electrons. The molecule has 0 rings (SSSR count). The molecule has 0 aliphatic rings. The van der Waals surface area contributed by atoms with E-state index in [0.717, 1.165) is 0 Å². The summed E-state index contributed by atoms with van der Waals surface area (Å²) in [4.78, 5) is 0. The molecule has 0 bridgehead atoms. The summed E-state index contributed by atoms with van der Waals surface area (Å²) in [5.74, 6) is 0. The van der Waals surface area contributed by atoms with Gasteiger partial charge in [-0.1, -0.05) is 0 Å². The summed E-state index contributed by atoms with van der Waals surface area (Å²) in [6, 6.07) is 0. The number of rotatable bonds is 2. The third kappa shape index (κ3) is 5.23. The number of nitrogens with one attached hydrogen (secondary N) is 1. The maximum atomic E-state index is 4.90. The Labute approximate surface area is 43.0 Å². The molecule has 0 aliphatic heterocycles. The van der Waals surface area contributed by atoms with Gasteiger partial charge in [0.2, 0.25) is 0 Å². The summed E-state index contributed by atoms with van der Waals surface area (Å²) in [6.07, 6.45) is 1.19. The van der Waals surface area contributed by atoms with Gasteiger partial charge in [-0.25, -0.2) is 10.5 Å². The first kappa shape index (κ1) is 6.23. The van der Waals surface area contributed by atoms with Gasteiger partial charge in [-0.2, -0.15) is 5.10 Å². The van der Waals surface area contributed by atoms with Gasteiger partial charge in [0.15, 0.2) is 0 Å². The highest BCUT2D eigenvalue weighted by molar-refractivity contribution is 5.50. The summed E-state index contributed by atoms with van der Waals surface area (Å²) in [5, 5.41) is 5.18. The third-order valence-corrected chi connectivity index (χ3v) is 0.332. The van der Waals surface area contributed by atoms with Crippen LogP contribution in [-0.4, -0.2) is 25.4 Å². The number of hydrogen-bond acceptors (Lipinski definition) is 3. The fourth-order valence-corrected chi connectivity index (χ4v) is 0.149. The van der Waals surface area contributed by atoms with Crippen molar-refractivity contribution in [2.24, 2.45) is 10.8 Å². The zero-order valence-corrected chi connectivity index (χ0v) is 4.55. The molecule has 3 N–H and O–H groups in total. The summed E-state index contributed by atoms with van der Waals surface area (Å²) in [5.41, 5.74) is 7.47. The van der Waals surface area contributed by atoms with Crippen LogP contribution >= 0.6 is 0 Å². The molecule has 4 heteroatoms. The van der Waals surface area contributed by atoms with Crippen LogP contribution < -0.4 is 11.3 Å². The number of nitrogens with two attached hydrogens (primary N) is 1. The summed E-state index contributed by atoms with van der Waals surface area (Å²) in [6.45, 7) is 0. The Hall–Kier alpha value is -0.770. The lowest BCUT2D eigenvalue weighted by Crippen LogP contribution is -2.25. The van der Waals surface area contributed by atoms with Gasteiger partial charge in [-0.3, -0.25) is 0 Å². The highest BCUT2D eigenvalue weighted by Crippen LogP contribution is 1.57. The van der Waals surface area contributed by atoms with Gasteiger partial charge in [-0.05, 0) is 0 Å². The molecule has 0 aromatic rings. The molecule has 0 heterocycles. The van der Waals surface area contributed by atoms with Crippen LogP contribution in [0.4, 0.5) is 0 Å². The van der Waals surface area contributed by atoms with Gasteiger partial charge in [-0.15, -0.1) is 0 Å². The topological polar surface area (TPSA) is 53.6 Å². The number of nitrogens with zero attached hydrogens (tertiary/aromatic N) is 2. The molecule has 0 aromatic carbocycles. The SMILES string of the molecule is CN(C)N/N=C/N. The van der Waals surface area contributed by atoms with Crippen LogP contribution in [0.25, 0.3) is 0 Å². The van der Waals surface area contributed by atoms with Gasteiger partial charge in [0.25, 0.3) is 0 Å². The highest BCUT2D eigenvalue weighted by atomic mass is 15.6. The minimum absolute atomic E-state index is 1.19. The standard InChI is InChI=1S/C3H10N4/c1-7(2)6-5-3-4/h3,6H,1-2H3,(H2,4,5). The van der Waals surface area contributed by atoms with Crippen molar-refractivity contribution in [2.45, 2.75) is 0 Å². The predicted octanol–water partition coefficient (Wildman–Crippen LogP) is -1.05. The van der Waals surface area contributed by atoms with E-state index < -0.39 is 0 Å². The number of hydrazine groups is 1. The van der Waals surface area contributed by atoms with Gasteiger partial charge in [0.1, 0.15) is 6.34 Å². The molecule has 0 aliphatic carbocycles. The summed E-state index contributed by atoms with van der Waals surface area (Å²) in [7, 11) is 3.65. The Morgan fingerprint density at radius 3 is 2.43 bits per heavy atom. The Morgan fingerprint density at radius 1 is 1.71 bits per heavy atom. The van der Waals surface area contributed by atoms with Crippen LogP contribution in [0.3, 0.4) is 0 Å². The summed E-state index contributed by atoms with van der Waals surface area (Å²) < 4.78 is 0. The highest BCUT2D eigenvalue weighted by Gasteiger charge is 1.73. The van der Waals surface area contributed by atoms with E-state index in [1.807, 2.05) is 14.1 Å². The molecule has 4 nitrogen and oxygen atoms in total. The number of hydrazone groups is 1. The van der Waals surface area contributed by atoms with E-state index in [2.05, 4.69) is 10.6 Å². The Kier molecular flexibility index (Phi) is 3.04.